The number of anilines is 2. The van der Waals surface area contributed by atoms with Gasteiger partial charge in [0.2, 0.25) is 5.91 Å². The molecule has 2 aromatic carbocycles. The maximum Gasteiger partial charge on any atom is 0.226 e. The van der Waals surface area contributed by atoms with Crippen LogP contribution in [0.1, 0.15) is 17.5 Å². The topological polar surface area (TPSA) is 41.1 Å². The summed E-state index contributed by atoms with van der Waals surface area (Å²) in [6.45, 7) is 4.55. The molecule has 116 valence electrons. The summed E-state index contributed by atoms with van der Waals surface area (Å²) < 4.78 is 1.08. The minimum absolute atomic E-state index is 0.0355. The van der Waals surface area contributed by atoms with Gasteiger partial charge in [0, 0.05) is 33.8 Å². The van der Waals surface area contributed by atoms with Gasteiger partial charge >= 0.3 is 0 Å². The summed E-state index contributed by atoms with van der Waals surface area (Å²) >= 11 is 9.41. The Balaban J connectivity index is 1.85. The summed E-state index contributed by atoms with van der Waals surface area (Å²) in [5.74, 6) is -0.0355. The van der Waals surface area contributed by atoms with Crippen LogP contribution in [0.2, 0.25) is 5.02 Å². The maximum absolute atomic E-state index is 12.0. The van der Waals surface area contributed by atoms with Gasteiger partial charge in [-0.3, -0.25) is 4.79 Å². The summed E-state index contributed by atoms with van der Waals surface area (Å²) in [4.78, 5) is 12.0. The third kappa shape index (κ3) is 4.75. The number of rotatable bonds is 5. The number of carbonyl (C=O) groups excluding carboxylic acids is 1. The average Bonchev–Trinajstić information content (AvgIpc) is 2.47. The number of nitrogens with one attached hydrogen (secondary N) is 2. The predicted molar refractivity (Wildman–Crippen MR) is 96.8 cm³/mol. The van der Waals surface area contributed by atoms with Crippen LogP contribution >= 0.6 is 27.5 Å². The van der Waals surface area contributed by atoms with E-state index in [-0.39, 0.29) is 5.91 Å². The largest absolute Gasteiger partial charge is 0.385 e. The highest BCUT2D eigenvalue weighted by Gasteiger charge is 2.05. The van der Waals surface area contributed by atoms with Gasteiger partial charge in [0.05, 0.1) is 0 Å². The number of hydrogen-bond donors (Lipinski definition) is 2. The third-order valence-corrected chi connectivity index (χ3v) is 4.44. The van der Waals surface area contributed by atoms with Crippen LogP contribution in [0.5, 0.6) is 0 Å². The molecule has 0 saturated heterocycles. The molecule has 0 aliphatic heterocycles. The monoisotopic (exact) mass is 380 g/mol. The van der Waals surface area contributed by atoms with Gasteiger partial charge in [0.1, 0.15) is 0 Å². The van der Waals surface area contributed by atoms with Crippen LogP contribution in [0.15, 0.2) is 40.9 Å². The summed E-state index contributed by atoms with van der Waals surface area (Å²) in [5.41, 5.74) is 3.92. The Morgan fingerprint density at radius 3 is 2.64 bits per heavy atom. The highest BCUT2D eigenvalue weighted by molar-refractivity contribution is 9.10. The van der Waals surface area contributed by atoms with E-state index in [1.807, 2.05) is 44.2 Å². The first-order chi connectivity index (χ1) is 10.5. The molecule has 0 fully saturated rings. The molecule has 0 aliphatic carbocycles. The van der Waals surface area contributed by atoms with E-state index in [1.54, 1.807) is 6.07 Å². The SMILES string of the molecule is Cc1cc(NCCC(=O)Nc2cc(Cl)ccc2C)ccc1Br. The molecule has 0 heterocycles. The Kier molecular flexibility index (Phi) is 5.86. The van der Waals surface area contributed by atoms with Crippen molar-refractivity contribution in [1.29, 1.82) is 0 Å². The van der Waals surface area contributed by atoms with Crippen molar-refractivity contribution in [3.8, 4) is 0 Å². The van der Waals surface area contributed by atoms with Gasteiger partial charge in [0.25, 0.3) is 0 Å². The summed E-state index contributed by atoms with van der Waals surface area (Å²) in [7, 11) is 0. The van der Waals surface area contributed by atoms with Crippen molar-refractivity contribution in [3.05, 3.63) is 57.0 Å². The Labute approximate surface area is 144 Å². The molecule has 0 bridgehead atoms. The van der Waals surface area contributed by atoms with Crippen LogP contribution < -0.4 is 10.6 Å². The second-order valence-electron chi connectivity index (χ2n) is 5.15. The van der Waals surface area contributed by atoms with Gasteiger partial charge in [-0.1, -0.05) is 33.6 Å². The first kappa shape index (κ1) is 16.8. The minimum Gasteiger partial charge on any atom is -0.385 e. The van der Waals surface area contributed by atoms with Gasteiger partial charge in [-0.05, 0) is 55.3 Å². The van der Waals surface area contributed by atoms with E-state index in [9.17, 15) is 4.79 Å². The molecular formula is C17H18BrClN2O. The number of hydrogen-bond acceptors (Lipinski definition) is 2. The van der Waals surface area contributed by atoms with E-state index in [0.29, 0.717) is 18.0 Å². The zero-order chi connectivity index (χ0) is 16.1. The fourth-order valence-electron chi connectivity index (χ4n) is 2.02. The van der Waals surface area contributed by atoms with E-state index in [0.717, 1.165) is 27.0 Å². The fourth-order valence-corrected chi connectivity index (χ4v) is 2.44. The van der Waals surface area contributed by atoms with Crippen molar-refractivity contribution in [1.82, 2.24) is 0 Å². The van der Waals surface area contributed by atoms with Crippen LogP contribution in [0.3, 0.4) is 0 Å². The van der Waals surface area contributed by atoms with Gasteiger partial charge < -0.3 is 10.6 Å². The highest BCUT2D eigenvalue weighted by Crippen LogP contribution is 2.21. The normalized spacial score (nSPS) is 10.4. The van der Waals surface area contributed by atoms with Crippen LogP contribution in [-0.4, -0.2) is 12.5 Å². The van der Waals surface area contributed by atoms with Crippen molar-refractivity contribution in [2.24, 2.45) is 0 Å². The van der Waals surface area contributed by atoms with Crippen molar-refractivity contribution in [2.75, 3.05) is 17.2 Å². The molecule has 0 aromatic heterocycles. The molecule has 0 aliphatic rings. The average molecular weight is 382 g/mol. The zero-order valence-electron chi connectivity index (χ0n) is 12.5. The summed E-state index contributed by atoms with van der Waals surface area (Å²) in [5, 5.41) is 6.75. The smallest absolute Gasteiger partial charge is 0.226 e. The molecule has 0 radical (unpaired) electrons. The first-order valence-electron chi connectivity index (χ1n) is 7.02. The van der Waals surface area contributed by atoms with Crippen LogP contribution in [0.25, 0.3) is 0 Å². The second kappa shape index (κ2) is 7.65. The van der Waals surface area contributed by atoms with E-state index in [2.05, 4.69) is 26.6 Å². The quantitative estimate of drug-likeness (QED) is 0.751. The lowest BCUT2D eigenvalue weighted by molar-refractivity contribution is -0.115. The molecular weight excluding hydrogens is 364 g/mol. The van der Waals surface area contributed by atoms with Gasteiger partial charge in [-0.25, -0.2) is 0 Å². The highest BCUT2D eigenvalue weighted by atomic mass is 79.9. The molecule has 22 heavy (non-hydrogen) atoms. The number of halogens is 2. The molecule has 2 N–H and O–H groups in total. The minimum atomic E-state index is -0.0355. The molecule has 0 atom stereocenters. The third-order valence-electron chi connectivity index (χ3n) is 3.31. The maximum atomic E-state index is 12.0. The lowest BCUT2D eigenvalue weighted by atomic mass is 10.2. The van der Waals surface area contributed by atoms with Gasteiger partial charge in [0.15, 0.2) is 0 Å². The van der Waals surface area contributed by atoms with Gasteiger partial charge in [-0.2, -0.15) is 0 Å². The number of amides is 1. The molecule has 2 rings (SSSR count). The lowest BCUT2D eigenvalue weighted by Crippen LogP contribution is -2.16. The molecule has 3 nitrogen and oxygen atoms in total. The van der Waals surface area contributed by atoms with Crippen molar-refractivity contribution in [2.45, 2.75) is 20.3 Å². The number of carbonyl (C=O) groups is 1. The van der Waals surface area contributed by atoms with Crippen molar-refractivity contribution in [3.63, 3.8) is 0 Å². The van der Waals surface area contributed by atoms with E-state index >= 15 is 0 Å². The van der Waals surface area contributed by atoms with Gasteiger partial charge in [-0.15, -0.1) is 0 Å². The molecule has 2 aromatic rings. The molecule has 0 saturated carbocycles. The zero-order valence-corrected chi connectivity index (χ0v) is 14.9. The molecule has 1 amide bonds. The number of aryl methyl sites for hydroxylation is 2. The van der Waals surface area contributed by atoms with Crippen LogP contribution in [0.4, 0.5) is 11.4 Å². The van der Waals surface area contributed by atoms with E-state index in [4.69, 9.17) is 11.6 Å². The first-order valence-corrected chi connectivity index (χ1v) is 8.19. The predicted octanol–water partition coefficient (Wildman–Crippen LogP) is 5.16. The summed E-state index contributed by atoms with van der Waals surface area (Å²) in [6.07, 6.45) is 0.390. The van der Waals surface area contributed by atoms with E-state index < -0.39 is 0 Å². The van der Waals surface area contributed by atoms with Crippen LogP contribution in [0, 0.1) is 13.8 Å². The Morgan fingerprint density at radius 1 is 1.14 bits per heavy atom. The standard InChI is InChI=1S/C17H18BrClN2O/c1-11-3-4-13(19)10-16(11)21-17(22)7-8-20-14-5-6-15(18)12(2)9-14/h3-6,9-10,20H,7-8H2,1-2H3,(H,21,22). The lowest BCUT2D eigenvalue weighted by Gasteiger charge is -2.10. The van der Waals surface area contributed by atoms with E-state index in [1.165, 1.54) is 0 Å². The number of benzene rings is 2. The molecule has 5 heteroatoms. The fraction of sp³-hybridized carbons (Fsp3) is 0.235. The molecule has 0 unspecified atom stereocenters. The van der Waals surface area contributed by atoms with Crippen LogP contribution in [-0.2, 0) is 4.79 Å². The van der Waals surface area contributed by atoms with Crippen molar-refractivity contribution >= 4 is 44.8 Å². The van der Waals surface area contributed by atoms with Crippen molar-refractivity contribution < 1.29 is 4.79 Å². The Morgan fingerprint density at radius 2 is 1.91 bits per heavy atom. The summed E-state index contributed by atoms with van der Waals surface area (Å²) in [6, 6.07) is 11.5. The molecule has 0 spiro atoms. The Hall–Kier alpha value is -1.52. The Bertz CT molecular complexity index is 688. The second-order valence-corrected chi connectivity index (χ2v) is 6.44.